The molecule has 39 heavy (non-hydrogen) atoms. The number of aliphatic carboxylic acids is 1. The second-order valence-corrected chi connectivity index (χ2v) is 10.5. The Morgan fingerprint density at radius 3 is 2.13 bits per heavy atom. The number of phenols is 1. The number of hydrogen-bond donors (Lipinski definition) is 6. The summed E-state index contributed by atoms with van der Waals surface area (Å²) in [6.07, 6.45) is 3.91. The van der Waals surface area contributed by atoms with E-state index in [0.29, 0.717) is 17.7 Å². The van der Waals surface area contributed by atoms with E-state index in [4.69, 9.17) is 0 Å². The summed E-state index contributed by atoms with van der Waals surface area (Å²) in [4.78, 5) is 51.4. The van der Waals surface area contributed by atoms with Gasteiger partial charge in [-0.1, -0.05) is 42.5 Å². The fourth-order valence-electron chi connectivity index (χ4n) is 4.36. The Labute approximate surface area is 232 Å². The molecule has 3 rings (SSSR count). The van der Waals surface area contributed by atoms with Crippen LogP contribution in [0.1, 0.15) is 30.4 Å². The van der Waals surface area contributed by atoms with E-state index in [1.807, 2.05) is 12.3 Å². The molecular formula is C28H36N4O6S. The maximum atomic E-state index is 13.5. The monoisotopic (exact) mass is 556 g/mol. The van der Waals surface area contributed by atoms with Crippen molar-refractivity contribution in [3.63, 3.8) is 0 Å². The van der Waals surface area contributed by atoms with Crippen LogP contribution in [-0.4, -0.2) is 76.6 Å². The van der Waals surface area contributed by atoms with Crippen LogP contribution in [-0.2, 0) is 32.0 Å². The van der Waals surface area contributed by atoms with Crippen molar-refractivity contribution in [2.24, 2.45) is 0 Å². The summed E-state index contributed by atoms with van der Waals surface area (Å²) in [5, 5.41) is 30.6. The summed E-state index contributed by atoms with van der Waals surface area (Å²) >= 11 is 1.49. The number of rotatable bonds is 14. The molecule has 2 aromatic carbocycles. The van der Waals surface area contributed by atoms with Crippen LogP contribution in [0, 0.1) is 0 Å². The molecule has 1 fully saturated rings. The second-order valence-electron chi connectivity index (χ2n) is 9.51. The fraction of sp³-hybridized carbons (Fsp3) is 0.429. The summed E-state index contributed by atoms with van der Waals surface area (Å²) < 4.78 is 0. The third kappa shape index (κ3) is 9.60. The molecule has 0 radical (unpaired) electrons. The number of hydrogen-bond acceptors (Lipinski definition) is 7. The van der Waals surface area contributed by atoms with Crippen LogP contribution in [0.2, 0.25) is 0 Å². The van der Waals surface area contributed by atoms with Crippen LogP contribution in [0.5, 0.6) is 5.75 Å². The van der Waals surface area contributed by atoms with Crippen molar-refractivity contribution in [1.82, 2.24) is 21.3 Å². The number of carboxylic acid groups (broad SMARTS) is 1. The number of benzene rings is 2. The van der Waals surface area contributed by atoms with Gasteiger partial charge >= 0.3 is 5.97 Å². The van der Waals surface area contributed by atoms with Crippen LogP contribution in [0.3, 0.4) is 0 Å². The lowest BCUT2D eigenvalue weighted by Gasteiger charge is -2.25. The maximum absolute atomic E-state index is 13.5. The first kappa shape index (κ1) is 30.0. The van der Waals surface area contributed by atoms with Crippen LogP contribution in [0.15, 0.2) is 54.6 Å². The number of phenolic OH excluding ortho intramolecular Hbond substituents is 1. The van der Waals surface area contributed by atoms with E-state index in [-0.39, 0.29) is 30.9 Å². The highest BCUT2D eigenvalue weighted by Gasteiger charge is 2.31. The quantitative estimate of drug-likeness (QED) is 0.203. The minimum Gasteiger partial charge on any atom is -0.508 e. The summed E-state index contributed by atoms with van der Waals surface area (Å²) in [6, 6.07) is 11.7. The van der Waals surface area contributed by atoms with Crippen LogP contribution < -0.4 is 21.3 Å². The van der Waals surface area contributed by atoms with Gasteiger partial charge in [-0.3, -0.25) is 14.4 Å². The van der Waals surface area contributed by atoms with Crippen molar-refractivity contribution >= 4 is 35.5 Å². The minimum absolute atomic E-state index is 0.0798. The molecular weight excluding hydrogens is 520 g/mol. The van der Waals surface area contributed by atoms with Gasteiger partial charge in [-0.2, -0.15) is 11.8 Å². The lowest BCUT2D eigenvalue weighted by atomic mass is 10.0. The molecule has 0 saturated carbocycles. The maximum Gasteiger partial charge on any atom is 0.326 e. The third-order valence-corrected chi connectivity index (χ3v) is 7.17. The van der Waals surface area contributed by atoms with Gasteiger partial charge < -0.3 is 31.5 Å². The average Bonchev–Trinajstić information content (AvgIpc) is 3.47. The Morgan fingerprint density at radius 1 is 0.897 bits per heavy atom. The molecule has 1 aliphatic heterocycles. The van der Waals surface area contributed by atoms with Crippen molar-refractivity contribution < 1.29 is 29.4 Å². The summed E-state index contributed by atoms with van der Waals surface area (Å²) in [7, 11) is 0. The van der Waals surface area contributed by atoms with Crippen molar-refractivity contribution in [3.8, 4) is 5.75 Å². The Hall–Kier alpha value is -3.57. The molecule has 4 atom stereocenters. The van der Waals surface area contributed by atoms with Gasteiger partial charge in [-0.05, 0) is 61.1 Å². The molecule has 0 aromatic heterocycles. The van der Waals surface area contributed by atoms with Crippen LogP contribution in [0.25, 0.3) is 0 Å². The van der Waals surface area contributed by atoms with Gasteiger partial charge in [0.1, 0.15) is 23.9 Å². The molecule has 10 nitrogen and oxygen atoms in total. The molecule has 4 unspecified atom stereocenters. The molecule has 1 saturated heterocycles. The van der Waals surface area contributed by atoms with E-state index in [1.54, 1.807) is 36.4 Å². The number of carbonyl (C=O) groups is 4. The Balaban J connectivity index is 1.74. The van der Waals surface area contributed by atoms with E-state index < -0.39 is 42.0 Å². The Morgan fingerprint density at radius 2 is 1.51 bits per heavy atom. The van der Waals surface area contributed by atoms with Gasteiger partial charge in [0.05, 0.1) is 6.04 Å². The first-order valence-corrected chi connectivity index (χ1v) is 14.3. The SMILES string of the molecule is CSCCC(NC(=O)C(Cc1ccc(O)cc1)NC(=O)C1CCCN1)C(=O)NC(Cc1ccccc1)C(=O)O. The smallest absolute Gasteiger partial charge is 0.326 e. The van der Waals surface area contributed by atoms with Crippen LogP contribution in [0.4, 0.5) is 0 Å². The van der Waals surface area contributed by atoms with E-state index in [2.05, 4.69) is 21.3 Å². The molecule has 3 amide bonds. The molecule has 2 aromatic rings. The molecule has 0 aliphatic carbocycles. The predicted octanol–water partition coefficient (Wildman–Crippen LogP) is 1.22. The zero-order chi connectivity index (χ0) is 28.2. The zero-order valence-electron chi connectivity index (χ0n) is 21.9. The fourth-order valence-corrected chi connectivity index (χ4v) is 4.83. The van der Waals surface area contributed by atoms with Gasteiger partial charge in [-0.15, -0.1) is 0 Å². The highest BCUT2D eigenvalue weighted by molar-refractivity contribution is 7.98. The van der Waals surface area contributed by atoms with Crippen molar-refractivity contribution in [2.45, 2.75) is 56.3 Å². The molecule has 0 spiro atoms. The molecule has 11 heteroatoms. The molecule has 1 heterocycles. The standard InChI is InChI=1S/C28H36N4O6S/c1-39-15-13-22(26(35)32-24(28(37)38)17-18-6-3-2-4-7-18)30-27(36)23(16-19-9-11-20(33)12-10-19)31-25(34)21-8-5-14-29-21/h2-4,6-7,9-12,21-24,29,33H,5,8,13-17H2,1H3,(H,30,36)(H,31,34)(H,32,35)(H,37,38). The largest absolute Gasteiger partial charge is 0.508 e. The number of carbonyl (C=O) groups excluding carboxylic acids is 3. The average molecular weight is 557 g/mol. The van der Waals surface area contributed by atoms with E-state index >= 15 is 0 Å². The molecule has 6 N–H and O–H groups in total. The Bertz CT molecular complexity index is 1110. The lowest BCUT2D eigenvalue weighted by molar-refractivity contribution is -0.142. The van der Waals surface area contributed by atoms with E-state index in [9.17, 15) is 29.4 Å². The highest BCUT2D eigenvalue weighted by Crippen LogP contribution is 2.13. The first-order valence-electron chi connectivity index (χ1n) is 12.9. The minimum atomic E-state index is -1.18. The number of aromatic hydroxyl groups is 1. The van der Waals surface area contributed by atoms with Gasteiger partial charge in [0.25, 0.3) is 0 Å². The number of amides is 3. The Kier molecular flexibility index (Phi) is 11.6. The number of thioether (sulfide) groups is 1. The van der Waals surface area contributed by atoms with Crippen molar-refractivity contribution in [2.75, 3.05) is 18.6 Å². The molecule has 210 valence electrons. The summed E-state index contributed by atoms with van der Waals surface area (Å²) in [5.74, 6) is -2.00. The third-order valence-electron chi connectivity index (χ3n) is 6.53. The van der Waals surface area contributed by atoms with Gasteiger partial charge in [0, 0.05) is 12.8 Å². The highest BCUT2D eigenvalue weighted by atomic mass is 32.2. The topological polar surface area (TPSA) is 157 Å². The van der Waals surface area contributed by atoms with E-state index in [1.165, 1.54) is 23.9 Å². The van der Waals surface area contributed by atoms with Crippen molar-refractivity contribution in [1.29, 1.82) is 0 Å². The molecule has 1 aliphatic rings. The van der Waals surface area contributed by atoms with Crippen molar-refractivity contribution in [3.05, 3.63) is 65.7 Å². The lowest BCUT2D eigenvalue weighted by Crippen LogP contribution is -2.57. The van der Waals surface area contributed by atoms with Gasteiger partial charge in [0.15, 0.2) is 0 Å². The summed E-state index contributed by atoms with van der Waals surface area (Å²) in [5.41, 5.74) is 1.47. The van der Waals surface area contributed by atoms with Gasteiger partial charge in [-0.25, -0.2) is 4.79 Å². The van der Waals surface area contributed by atoms with Gasteiger partial charge in [0.2, 0.25) is 17.7 Å². The normalized spacial score (nSPS) is 17.0. The number of nitrogens with one attached hydrogen (secondary N) is 4. The predicted molar refractivity (Wildman–Crippen MR) is 149 cm³/mol. The first-order chi connectivity index (χ1) is 18.8. The zero-order valence-corrected chi connectivity index (χ0v) is 22.7. The second kappa shape index (κ2) is 15.1. The number of carboxylic acids is 1. The van der Waals surface area contributed by atoms with E-state index in [0.717, 1.165) is 18.5 Å². The molecule has 0 bridgehead atoms. The van der Waals surface area contributed by atoms with Crippen LogP contribution >= 0.6 is 11.8 Å². The summed E-state index contributed by atoms with van der Waals surface area (Å²) in [6.45, 7) is 0.720.